The van der Waals surface area contributed by atoms with Gasteiger partial charge in [-0.1, -0.05) is 58.3 Å². The monoisotopic (exact) mass is 339 g/mol. The number of hydrogen-bond acceptors (Lipinski definition) is 2. The minimum atomic E-state index is -1.44. The summed E-state index contributed by atoms with van der Waals surface area (Å²) in [7, 11) is 6.86. The molecule has 0 saturated heterocycles. The second-order valence-electron chi connectivity index (χ2n) is 6.26. The van der Waals surface area contributed by atoms with Gasteiger partial charge in [0, 0.05) is 0 Å². The Bertz CT molecular complexity index is 161. The van der Waals surface area contributed by atoms with Crippen LogP contribution in [0.2, 0.25) is 0 Å². The van der Waals surface area contributed by atoms with Crippen LogP contribution >= 0.6 is 0 Å². The molecule has 118 valence electrons. The standard InChI is InChI=1S/C15H34N.BrO2/c1-5-6-7-8-9-10-11-12-13-14-15-16(2,3)4;2-1-3/h5-15H2,1-4H3;/q+1;-1. The molecule has 3 nitrogen and oxygen atoms in total. The number of halogens is 1. The van der Waals surface area contributed by atoms with Crippen molar-refractivity contribution in [2.75, 3.05) is 27.7 Å². The van der Waals surface area contributed by atoms with Crippen LogP contribution in [0.4, 0.5) is 0 Å². The van der Waals surface area contributed by atoms with Crippen molar-refractivity contribution in [1.82, 2.24) is 0 Å². The van der Waals surface area contributed by atoms with Crippen molar-refractivity contribution in [1.29, 1.82) is 0 Å². The first-order valence-corrected chi connectivity index (χ1v) is 8.97. The highest BCUT2D eigenvalue weighted by atomic mass is 79.9. The second-order valence-corrected chi connectivity index (χ2v) is 6.52. The van der Waals surface area contributed by atoms with Gasteiger partial charge in [0.15, 0.2) is 15.5 Å². The van der Waals surface area contributed by atoms with Crippen LogP contribution in [0.25, 0.3) is 0 Å². The summed E-state index contributed by atoms with van der Waals surface area (Å²) < 4.78 is 17.9. The van der Waals surface area contributed by atoms with Gasteiger partial charge in [-0.2, -0.15) is 0 Å². The van der Waals surface area contributed by atoms with Gasteiger partial charge >= 0.3 is 0 Å². The summed E-state index contributed by atoms with van der Waals surface area (Å²) in [6.45, 7) is 3.62. The Morgan fingerprint density at radius 2 is 1.00 bits per heavy atom. The average Bonchev–Trinajstić information content (AvgIpc) is 2.31. The minimum absolute atomic E-state index is 1.12. The van der Waals surface area contributed by atoms with E-state index in [0.717, 1.165) is 4.48 Å². The summed E-state index contributed by atoms with van der Waals surface area (Å²) in [4.78, 5) is 0. The van der Waals surface area contributed by atoms with Crippen molar-refractivity contribution in [2.24, 2.45) is 0 Å². The Morgan fingerprint density at radius 3 is 1.32 bits per heavy atom. The summed E-state index contributed by atoms with van der Waals surface area (Å²) in [5.74, 6) is 0. The normalized spacial score (nSPS) is 11.1. The number of quaternary nitrogens is 1. The summed E-state index contributed by atoms with van der Waals surface area (Å²) in [6, 6.07) is 0. The van der Waals surface area contributed by atoms with Gasteiger partial charge in [-0.3, -0.25) is 0 Å². The maximum Gasteiger partial charge on any atom is 0.170 e. The fourth-order valence-corrected chi connectivity index (χ4v) is 2.07. The summed E-state index contributed by atoms with van der Waals surface area (Å²) in [6.07, 6.45) is 14.4. The Kier molecular flexibility index (Phi) is 18.7. The maximum atomic E-state index is 8.41. The van der Waals surface area contributed by atoms with E-state index in [9.17, 15) is 0 Å². The molecule has 0 aliphatic heterocycles. The second kappa shape index (κ2) is 16.4. The third-order valence-electron chi connectivity index (χ3n) is 3.18. The maximum absolute atomic E-state index is 8.41. The molecule has 0 aliphatic carbocycles. The van der Waals surface area contributed by atoms with Crippen molar-refractivity contribution in [3.05, 3.63) is 0 Å². The Labute approximate surface area is 127 Å². The predicted octanol–water partition coefficient (Wildman–Crippen LogP) is 2.24. The van der Waals surface area contributed by atoms with Gasteiger partial charge in [0.25, 0.3) is 0 Å². The molecule has 0 N–H and O–H groups in total. The number of hydrogen-bond donors (Lipinski definition) is 0. The smallest absolute Gasteiger partial charge is 0.170 e. The summed E-state index contributed by atoms with van der Waals surface area (Å²) >= 11 is -1.44. The molecule has 4 heteroatoms. The fourth-order valence-electron chi connectivity index (χ4n) is 2.07. The van der Waals surface area contributed by atoms with E-state index in [-0.39, 0.29) is 0 Å². The van der Waals surface area contributed by atoms with E-state index >= 15 is 0 Å². The van der Waals surface area contributed by atoms with Crippen LogP contribution in [0.1, 0.15) is 71.1 Å². The molecule has 0 aromatic heterocycles. The van der Waals surface area contributed by atoms with Crippen molar-refractivity contribution in [3.63, 3.8) is 0 Å². The molecule has 0 atom stereocenters. The first kappa shape index (κ1) is 21.7. The van der Waals surface area contributed by atoms with Gasteiger partial charge in [-0.15, -0.1) is 0 Å². The minimum Gasteiger partial charge on any atom is -0.585 e. The lowest BCUT2D eigenvalue weighted by atomic mass is 10.1. The Balaban J connectivity index is 0. The van der Waals surface area contributed by atoms with Gasteiger partial charge < -0.3 is 12.9 Å². The molecule has 19 heavy (non-hydrogen) atoms. The number of unbranched alkanes of at least 4 members (excludes halogenated alkanes) is 9. The van der Waals surface area contributed by atoms with Gasteiger partial charge in [-0.05, 0) is 12.8 Å². The molecule has 0 radical (unpaired) electrons. The third-order valence-corrected chi connectivity index (χ3v) is 3.18. The van der Waals surface area contributed by atoms with E-state index in [1.165, 1.54) is 70.8 Å². The lowest BCUT2D eigenvalue weighted by Gasteiger charge is -2.23. The van der Waals surface area contributed by atoms with Crippen LogP contribution in [0.15, 0.2) is 0 Å². The number of nitrogens with zero attached hydrogens (tertiary/aromatic N) is 1. The zero-order chi connectivity index (χ0) is 15.0. The van der Waals surface area contributed by atoms with E-state index in [2.05, 4.69) is 28.1 Å². The van der Waals surface area contributed by atoms with E-state index in [0.29, 0.717) is 0 Å². The van der Waals surface area contributed by atoms with Crippen molar-refractivity contribution in [2.45, 2.75) is 71.1 Å². The van der Waals surface area contributed by atoms with Gasteiger partial charge in [0.05, 0.1) is 27.7 Å². The molecular formula is C15H34BrNO2. The van der Waals surface area contributed by atoms with Crippen molar-refractivity contribution >= 4 is 0 Å². The number of rotatable bonds is 11. The van der Waals surface area contributed by atoms with Crippen LogP contribution in [-0.4, -0.2) is 32.2 Å². The molecule has 0 bridgehead atoms. The van der Waals surface area contributed by atoms with Gasteiger partial charge in [0.2, 0.25) is 0 Å². The first-order chi connectivity index (χ1) is 8.97. The molecule has 0 aromatic carbocycles. The lowest BCUT2D eigenvalue weighted by Crippen LogP contribution is -2.35. The molecule has 0 aromatic rings. The van der Waals surface area contributed by atoms with Crippen LogP contribution in [0.3, 0.4) is 0 Å². The molecule has 0 unspecified atom stereocenters. The molecule has 0 amide bonds. The Hall–Kier alpha value is 0.360. The molecule has 0 spiro atoms. The zero-order valence-electron chi connectivity index (χ0n) is 13.4. The predicted molar refractivity (Wildman–Crippen MR) is 74.7 cm³/mol. The fraction of sp³-hybridized carbons (Fsp3) is 1.00. The van der Waals surface area contributed by atoms with E-state index in [4.69, 9.17) is 8.40 Å². The van der Waals surface area contributed by atoms with Crippen molar-refractivity contribution < 1.29 is 28.4 Å². The molecular weight excluding hydrogens is 306 g/mol. The summed E-state index contributed by atoms with van der Waals surface area (Å²) in [5, 5.41) is 0. The quantitative estimate of drug-likeness (QED) is 0.428. The SMILES string of the molecule is CCCCCCCCCCCC[N+](C)(C)C.[O-][Br+][O-]. The van der Waals surface area contributed by atoms with Gasteiger partial charge in [0.1, 0.15) is 0 Å². The van der Waals surface area contributed by atoms with Gasteiger partial charge in [-0.25, -0.2) is 0 Å². The van der Waals surface area contributed by atoms with Crippen LogP contribution in [0, 0.1) is 15.5 Å². The average molecular weight is 340 g/mol. The van der Waals surface area contributed by atoms with Crippen LogP contribution in [0.5, 0.6) is 0 Å². The molecule has 0 fully saturated rings. The van der Waals surface area contributed by atoms with Crippen LogP contribution in [-0.2, 0) is 0 Å². The lowest BCUT2D eigenvalue weighted by molar-refractivity contribution is -1.41. The highest BCUT2D eigenvalue weighted by Crippen LogP contribution is 2.10. The largest absolute Gasteiger partial charge is 0.585 e. The van der Waals surface area contributed by atoms with Crippen molar-refractivity contribution in [3.8, 4) is 0 Å². The summed E-state index contributed by atoms with van der Waals surface area (Å²) in [5.41, 5.74) is 0. The highest BCUT2D eigenvalue weighted by molar-refractivity contribution is 4.47. The van der Waals surface area contributed by atoms with E-state index in [1.54, 1.807) is 0 Å². The molecule has 0 aliphatic rings. The molecule has 0 saturated carbocycles. The third kappa shape index (κ3) is 27.5. The zero-order valence-corrected chi connectivity index (χ0v) is 15.0. The molecule has 0 heterocycles. The topological polar surface area (TPSA) is 46.1 Å². The molecule has 0 rings (SSSR count). The highest BCUT2D eigenvalue weighted by Gasteiger charge is 2.04. The first-order valence-electron chi connectivity index (χ1n) is 7.67. The van der Waals surface area contributed by atoms with Crippen LogP contribution < -0.4 is 8.40 Å². The Morgan fingerprint density at radius 1 is 0.684 bits per heavy atom. The van der Waals surface area contributed by atoms with E-state index in [1.807, 2.05) is 0 Å². The van der Waals surface area contributed by atoms with E-state index < -0.39 is 15.5 Å².